The zero-order valence-corrected chi connectivity index (χ0v) is 19.5. The van der Waals surface area contributed by atoms with E-state index in [2.05, 4.69) is 17.2 Å². The molecule has 178 valence electrons. The monoisotopic (exact) mass is 461 g/mol. The fraction of sp³-hybridized carbons (Fsp3) is 0.481. The van der Waals surface area contributed by atoms with Crippen molar-refractivity contribution in [1.82, 2.24) is 9.78 Å². The number of nitrogens with zero attached hydrogens (tertiary/aromatic N) is 3. The van der Waals surface area contributed by atoms with E-state index in [1.54, 1.807) is 23.9 Å². The average molecular weight is 462 g/mol. The molecule has 2 aromatic carbocycles. The van der Waals surface area contributed by atoms with Crippen LogP contribution in [-0.4, -0.2) is 39.3 Å². The van der Waals surface area contributed by atoms with Crippen LogP contribution in [0.2, 0.25) is 0 Å². The average Bonchev–Trinajstić information content (AvgIpc) is 3.42. The Hall–Kier alpha value is -2.92. The Labute approximate surface area is 199 Å². The molecular formula is C27H31N3O4. The van der Waals surface area contributed by atoms with Crippen molar-refractivity contribution in [2.24, 2.45) is 0 Å². The second-order valence-corrected chi connectivity index (χ2v) is 9.50. The van der Waals surface area contributed by atoms with Crippen molar-refractivity contribution in [3.8, 4) is 11.8 Å². The number of hydrogen-bond donors (Lipinski definition) is 2. The van der Waals surface area contributed by atoms with Crippen molar-refractivity contribution < 1.29 is 19.7 Å². The minimum atomic E-state index is -0.845. The van der Waals surface area contributed by atoms with E-state index in [0.717, 1.165) is 42.4 Å². The second-order valence-electron chi connectivity index (χ2n) is 9.50. The second kappa shape index (κ2) is 9.75. The van der Waals surface area contributed by atoms with Crippen molar-refractivity contribution in [2.75, 3.05) is 7.11 Å². The number of aliphatic hydroxyl groups excluding tert-OH is 2. The number of hydrogen-bond acceptors (Lipinski definition) is 6. The Morgan fingerprint density at radius 1 is 1.18 bits per heavy atom. The van der Waals surface area contributed by atoms with Crippen molar-refractivity contribution in [1.29, 1.82) is 5.26 Å². The van der Waals surface area contributed by atoms with Crippen molar-refractivity contribution in [2.45, 2.75) is 75.9 Å². The molecule has 2 fully saturated rings. The molecule has 1 heterocycles. The smallest absolute Gasteiger partial charge is 0.122 e. The van der Waals surface area contributed by atoms with Gasteiger partial charge in [-0.2, -0.15) is 10.4 Å². The molecule has 7 heteroatoms. The molecule has 2 unspecified atom stereocenters. The van der Waals surface area contributed by atoms with E-state index in [4.69, 9.17) is 9.47 Å². The minimum absolute atomic E-state index is 0.121. The van der Waals surface area contributed by atoms with E-state index in [1.807, 2.05) is 18.3 Å². The molecule has 0 amide bonds. The number of ether oxygens (including phenoxy) is 2. The van der Waals surface area contributed by atoms with Crippen molar-refractivity contribution in [3.05, 3.63) is 58.8 Å². The van der Waals surface area contributed by atoms with Crippen LogP contribution in [0.25, 0.3) is 10.9 Å². The van der Waals surface area contributed by atoms with Gasteiger partial charge in [0.15, 0.2) is 0 Å². The molecular weight excluding hydrogens is 430 g/mol. The van der Waals surface area contributed by atoms with Gasteiger partial charge in [-0.3, -0.25) is 4.68 Å². The van der Waals surface area contributed by atoms with Crippen LogP contribution >= 0.6 is 0 Å². The largest absolute Gasteiger partial charge is 0.496 e. The minimum Gasteiger partial charge on any atom is -0.496 e. The summed E-state index contributed by atoms with van der Waals surface area (Å²) >= 11 is 0. The van der Waals surface area contributed by atoms with Gasteiger partial charge in [0.05, 0.1) is 43.5 Å². The number of nitriles is 1. The third-order valence-electron chi connectivity index (χ3n) is 7.04. The van der Waals surface area contributed by atoms with Gasteiger partial charge in [-0.05, 0) is 60.9 Å². The Morgan fingerprint density at radius 3 is 2.65 bits per heavy atom. The molecule has 2 N–H and O–H groups in total. The maximum Gasteiger partial charge on any atom is 0.122 e. The summed E-state index contributed by atoms with van der Waals surface area (Å²) in [5, 5.41) is 35.9. The molecule has 2 aliphatic rings. The van der Waals surface area contributed by atoms with E-state index in [0.29, 0.717) is 29.1 Å². The van der Waals surface area contributed by atoms with Crippen LogP contribution in [-0.2, 0) is 17.9 Å². The van der Waals surface area contributed by atoms with Gasteiger partial charge < -0.3 is 19.7 Å². The summed E-state index contributed by atoms with van der Waals surface area (Å²) in [7, 11) is 1.67. The van der Waals surface area contributed by atoms with Gasteiger partial charge in [-0.15, -0.1) is 0 Å². The van der Waals surface area contributed by atoms with Crippen molar-refractivity contribution in [3.63, 3.8) is 0 Å². The number of aliphatic hydroxyl groups is 2. The van der Waals surface area contributed by atoms with E-state index in [1.165, 1.54) is 18.4 Å². The lowest BCUT2D eigenvalue weighted by Gasteiger charge is -2.27. The Morgan fingerprint density at radius 2 is 1.97 bits per heavy atom. The first-order chi connectivity index (χ1) is 16.6. The Bertz CT molecular complexity index is 1200. The molecule has 0 bridgehead atoms. The molecule has 3 aromatic rings. The maximum atomic E-state index is 11.4. The molecule has 0 spiro atoms. The summed E-state index contributed by atoms with van der Waals surface area (Å²) < 4.78 is 13.8. The topological polar surface area (TPSA) is 101 Å². The first-order valence-electron chi connectivity index (χ1n) is 12.1. The summed E-state index contributed by atoms with van der Waals surface area (Å²) in [4.78, 5) is 0. The number of methoxy groups -OCH3 is 1. The quantitative estimate of drug-likeness (QED) is 0.491. The molecule has 2 saturated carbocycles. The SMILES string of the molecule is COc1cc(C(O)C(Cn2cc3cc(C#N)cc(CO)c3n2)OC2CCCC2)ccc1C1CC1. The van der Waals surface area contributed by atoms with Gasteiger partial charge >= 0.3 is 0 Å². The molecule has 34 heavy (non-hydrogen) atoms. The molecule has 7 nitrogen and oxygen atoms in total. The highest BCUT2D eigenvalue weighted by Crippen LogP contribution is 2.45. The molecule has 0 saturated heterocycles. The van der Waals surface area contributed by atoms with E-state index in [9.17, 15) is 15.5 Å². The summed E-state index contributed by atoms with van der Waals surface area (Å²) in [6.07, 6.45) is 7.26. The Balaban J connectivity index is 1.44. The van der Waals surface area contributed by atoms with Crippen LogP contribution in [0.5, 0.6) is 5.75 Å². The highest BCUT2D eigenvalue weighted by molar-refractivity contribution is 5.83. The Kier molecular flexibility index (Phi) is 6.55. The lowest BCUT2D eigenvalue weighted by Crippen LogP contribution is -2.31. The number of aromatic nitrogens is 2. The number of rotatable bonds is 9. The fourth-order valence-electron chi connectivity index (χ4n) is 5.07. The van der Waals surface area contributed by atoms with Crippen LogP contribution in [0.15, 0.2) is 36.5 Å². The third-order valence-corrected chi connectivity index (χ3v) is 7.04. The molecule has 2 atom stereocenters. The van der Waals surface area contributed by atoms with Gasteiger partial charge in [-0.1, -0.05) is 25.0 Å². The van der Waals surface area contributed by atoms with Crippen LogP contribution in [0.3, 0.4) is 0 Å². The third kappa shape index (κ3) is 4.67. The van der Waals surface area contributed by atoms with Crippen molar-refractivity contribution >= 4 is 10.9 Å². The highest BCUT2D eigenvalue weighted by atomic mass is 16.5. The summed E-state index contributed by atoms with van der Waals surface area (Å²) in [6, 6.07) is 11.6. The summed E-state index contributed by atoms with van der Waals surface area (Å²) in [6.45, 7) is 0.159. The molecule has 5 rings (SSSR count). The molecule has 0 aliphatic heterocycles. The predicted octanol–water partition coefficient (Wildman–Crippen LogP) is 4.35. The fourth-order valence-corrected chi connectivity index (χ4v) is 5.07. The summed E-state index contributed by atoms with van der Waals surface area (Å²) in [5.74, 6) is 1.38. The first kappa shape index (κ1) is 22.9. The lowest BCUT2D eigenvalue weighted by atomic mass is 9.99. The first-order valence-corrected chi connectivity index (χ1v) is 12.1. The number of fused-ring (bicyclic) bond motifs is 1. The van der Waals surface area contributed by atoms with E-state index < -0.39 is 12.2 Å². The normalized spacial score (nSPS) is 18.2. The van der Waals surface area contributed by atoms with E-state index in [-0.39, 0.29) is 12.7 Å². The van der Waals surface area contributed by atoms with Gasteiger partial charge in [0.25, 0.3) is 0 Å². The van der Waals surface area contributed by atoms with Gasteiger partial charge in [0, 0.05) is 17.1 Å². The number of benzene rings is 2. The lowest BCUT2D eigenvalue weighted by molar-refractivity contribution is -0.0844. The van der Waals surface area contributed by atoms with Gasteiger partial charge in [0.2, 0.25) is 0 Å². The predicted molar refractivity (Wildman–Crippen MR) is 127 cm³/mol. The molecule has 1 aromatic heterocycles. The molecule has 2 aliphatic carbocycles. The zero-order chi connectivity index (χ0) is 23.7. The summed E-state index contributed by atoms with van der Waals surface area (Å²) in [5.41, 5.74) is 3.73. The van der Waals surface area contributed by atoms with Crippen LogP contribution in [0.4, 0.5) is 0 Å². The van der Waals surface area contributed by atoms with Crippen LogP contribution < -0.4 is 4.74 Å². The van der Waals surface area contributed by atoms with Gasteiger partial charge in [-0.25, -0.2) is 0 Å². The van der Waals surface area contributed by atoms with Gasteiger partial charge in [0.1, 0.15) is 18.0 Å². The highest BCUT2D eigenvalue weighted by Gasteiger charge is 2.31. The molecule has 0 radical (unpaired) electrons. The van der Waals surface area contributed by atoms with Crippen LogP contribution in [0, 0.1) is 11.3 Å². The standard InChI is InChI=1S/C27H31N3O4/c1-33-24-12-19(8-9-23(24)18-6-7-18)27(32)25(34-22-4-2-3-5-22)15-30-14-20-10-17(13-28)11-21(16-31)26(20)29-30/h8-12,14,18,22,25,27,31-32H,2-7,15-16H2,1H3. The van der Waals surface area contributed by atoms with Crippen LogP contribution in [0.1, 0.15) is 72.8 Å². The zero-order valence-electron chi connectivity index (χ0n) is 19.5. The van der Waals surface area contributed by atoms with E-state index >= 15 is 0 Å². The maximum absolute atomic E-state index is 11.4.